The fourth-order valence-corrected chi connectivity index (χ4v) is 4.96. The van der Waals surface area contributed by atoms with Crippen LogP contribution in [0.3, 0.4) is 0 Å². The molecule has 2 aromatic heterocycles. The first kappa shape index (κ1) is 38.0. The summed E-state index contributed by atoms with van der Waals surface area (Å²) in [4.78, 5) is 8.55. The molecule has 3 heterocycles. The van der Waals surface area contributed by atoms with Crippen LogP contribution in [-0.4, -0.2) is 21.5 Å². The molecule has 4 aromatic carbocycles. The zero-order chi connectivity index (χ0) is 33.5. The summed E-state index contributed by atoms with van der Waals surface area (Å²) in [6.45, 7) is 8.22. The molecule has 0 bridgehead atoms. The van der Waals surface area contributed by atoms with Gasteiger partial charge < -0.3 is 35.2 Å². The van der Waals surface area contributed by atoms with E-state index in [1.165, 1.54) is 0 Å². The van der Waals surface area contributed by atoms with Crippen LogP contribution in [0, 0.1) is 70.2 Å². The van der Waals surface area contributed by atoms with Crippen LogP contribution >= 0.6 is 0 Å². The van der Waals surface area contributed by atoms with Crippen molar-refractivity contribution in [3.8, 4) is 51.4 Å². The third kappa shape index (κ3) is 9.24. The monoisotopic (exact) mass is 1010 g/mol. The number of benzene rings is 4. The topological polar surface area (TPSA) is 42.8 Å². The average molecular weight is 1010 g/mol. The maximum Gasteiger partial charge on any atom is 4.00 e. The summed E-state index contributed by atoms with van der Waals surface area (Å²) in [5.74, 6) is 2.50. The Morgan fingerprint density at radius 2 is 1.50 bits per heavy atom. The molecule has 0 fully saturated rings. The van der Waals surface area contributed by atoms with Gasteiger partial charge in [-0.25, -0.2) is 23.7 Å². The van der Waals surface area contributed by atoms with Gasteiger partial charge in [0.2, 0.25) is 0 Å². The second-order valence-corrected chi connectivity index (χ2v) is 11.0. The second kappa shape index (κ2) is 17.7. The summed E-state index contributed by atoms with van der Waals surface area (Å²) in [6.07, 6.45) is 15.7. The van der Waals surface area contributed by atoms with E-state index in [0.717, 1.165) is 44.8 Å². The van der Waals surface area contributed by atoms with E-state index in [9.17, 15) is 0 Å². The van der Waals surface area contributed by atoms with Crippen LogP contribution in [0.25, 0.3) is 22.4 Å². The molecule has 0 N–H and O–H groups in total. The molecule has 0 saturated heterocycles. The van der Waals surface area contributed by atoms with Gasteiger partial charge in [-0.15, -0.1) is 65.3 Å². The molecule has 50 heavy (non-hydrogen) atoms. The molecular weight excluding hydrogens is 983 g/mol. The first-order valence-corrected chi connectivity index (χ1v) is 15.3. The van der Waals surface area contributed by atoms with Gasteiger partial charge in [0, 0.05) is 56.5 Å². The van der Waals surface area contributed by atoms with E-state index >= 15 is 0 Å². The van der Waals surface area contributed by atoms with Crippen molar-refractivity contribution in [2.75, 3.05) is 11.9 Å². The Morgan fingerprint density at radius 3 is 2.18 bits per heavy atom. The third-order valence-electron chi connectivity index (χ3n) is 7.74. The molecular formula is C42H31N4O2Pt2-3. The number of rotatable bonds is 7. The Morgan fingerprint density at radius 1 is 0.760 bits per heavy atom. The number of hydrogen-bond acceptors (Lipinski definition) is 5. The van der Waals surface area contributed by atoms with Crippen molar-refractivity contribution >= 4 is 5.69 Å². The molecule has 0 spiro atoms. The molecule has 254 valence electrons. The number of nitrogens with zero attached hydrogens (tertiary/aromatic N) is 4. The Kier molecular flexibility index (Phi) is 13.5. The van der Waals surface area contributed by atoms with Gasteiger partial charge in [-0.3, -0.25) is 5.56 Å². The van der Waals surface area contributed by atoms with E-state index in [4.69, 9.17) is 15.9 Å². The fourth-order valence-electron chi connectivity index (χ4n) is 4.96. The average Bonchev–Trinajstić information content (AvgIpc) is 3.82. The number of hydrogen-bond donors (Lipinski definition) is 0. The molecule has 0 radical (unpaired) electrons. The second-order valence-electron chi connectivity index (χ2n) is 11.0. The molecule has 0 aliphatic carbocycles. The molecule has 6 aromatic rings. The van der Waals surface area contributed by atoms with E-state index in [1.54, 1.807) is 23.2 Å². The summed E-state index contributed by atoms with van der Waals surface area (Å²) in [5, 5.41) is 0. The van der Waals surface area contributed by atoms with Gasteiger partial charge in [-0.2, -0.15) is 42.6 Å². The Hall–Kier alpha value is -4.81. The van der Waals surface area contributed by atoms with Gasteiger partial charge in [-0.05, 0) is 31.6 Å². The Labute approximate surface area is 323 Å². The van der Waals surface area contributed by atoms with E-state index in [0.29, 0.717) is 23.0 Å². The van der Waals surface area contributed by atoms with Crippen LogP contribution in [0.1, 0.15) is 16.7 Å². The SMILES string of the molecule is Cc1c(Oc2[c-]cccc2)[c-]c(-c2[c-]cnc(-c3[c-]c(Oc4[c-]c(N5C=CN(C)[CH-]5)ccc4)ccc3)c2)c(C)c1C.[C-]#Cn1cccc1.[Pt+4].[Pt]. The van der Waals surface area contributed by atoms with E-state index in [-0.39, 0.29) is 42.1 Å². The van der Waals surface area contributed by atoms with E-state index < -0.39 is 0 Å². The van der Waals surface area contributed by atoms with Crippen molar-refractivity contribution in [3.63, 3.8) is 0 Å². The number of para-hydroxylation sites is 1. The first-order valence-electron chi connectivity index (χ1n) is 15.3. The smallest absolute Gasteiger partial charge is 0.669 e. The van der Waals surface area contributed by atoms with Crippen LogP contribution in [0.2, 0.25) is 0 Å². The number of pyridine rings is 1. The van der Waals surface area contributed by atoms with E-state index in [1.807, 2.05) is 115 Å². The van der Waals surface area contributed by atoms with Gasteiger partial charge in [0.1, 0.15) is 0 Å². The quantitative estimate of drug-likeness (QED) is 0.118. The maximum absolute atomic E-state index is 6.57. The minimum atomic E-state index is 0. The molecule has 0 amide bonds. The molecule has 1 aliphatic heterocycles. The molecule has 0 atom stereocenters. The van der Waals surface area contributed by atoms with Crippen molar-refractivity contribution in [3.05, 3.63) is 170 Å². The van der Waals surface area contributed by atoms with Gasteiger partial charge >= 0.3 is 21.1 Å². The van der Waals surface area contributed by atoms with Crippen LogP contribution in [-0.2, 0) is 42.1 Å². The largest absolute Gasteiger partial charge is 4.00 e. The standard InChI is InChI=1S/C36H27N3O2.C6H4N.2Pt/c1-25-26(2)34(23-36(27(25)3)41-31-12-6-5-7-13-31)28-16-17-37-35(21-28)29-10-8-14-32(20-29)40-33-15-9-11-30(22-33)39-19-18-38(4)24-39;1-2-7-5-3-4-6-7;;/h5-12,14-15,17-19,21,24H,1-4H3;3-6H;;/q-6;-1;;+4. The van der Waals surface area contributed by atoms with Crippen molar-refractivity contribution in [1.82, 2.24) is 14.5 Å². The third-order valence-corrected chi connectivity index (χ3v) is 7.74. The molecule has 6 nitrogen and oxygen atoms in total. The Bertz CT molecular complexity index is 2090. The minimum Gasteiger partial charge on any atom is -0.669 e. The predicted octanol–water partition coefficient (Wildman–Crippen LogP) is 9.15. The van der Waals surface area contributed by atoms with Crippen LogP contribution in [0.4, 0.5) is 5.69 Å². The minimum absolute atomic E-state index is 0. The number of anilines is 1. The van der Waals surface area contributed by atoms with Crippen LogP contribution in [0.5, 0.6) is 23.0 Å². The summed E-state index contributed by atoms with van der Waals surface area (Å²) in [5.41, 5.74) is 7.55. The van der Waals surface area contributed by atoms with Gasteiger partial charge in [0.25, 0.3) is 0 Å². The molecule has 1 aliphatic rings. The van der Waals surface area contributed by atoms with E-state index in [2.05, 4.69) is 62.1 Å². The fraction of sp³-hybridized carbons (Fsp3) is 0.0952. The normalized spacial score (nSPS) is 11.4. The zero-order valence-electron chi connectivity index (χ0n) is 27.7. The summed E-state index contributed by atoms with van der Waals surface area (Å²) in [7, 11) is 1.98. The molecule has 0 unspecified atom stereocenters. The summed E-state index contributed by atoms with van der Waals surface area (Å²) < 4.78 is 13.9. The summed E-state index contributed by atoms with van der Waals surface area (Å²) >= 11 is 0. The van der Waals surface area contributed by atoms with Crippen molar-refractivity contribution in [1.29, 1.82) is 0 Å². The van der Waals surface area contributed by atoms with Gasteiger partial charge in [0.05, 0.1) is 0 Å². The maximum atomic E-state index is 6.57. The van der Waals surface area contributed by atoms with Gasteiger partial charge in [0.15, 0.2) is 0 Å². The zero-order valence-corrected chi connectivity index (χ0v) is 32.3. The molecule has 8 heteroatoms. The van der Waals surface area contributed by atoms with Crippen molar-refractivity contribution < 1.29 is 51.6 Å². The molecule has 7 rings (SSSR count). The van der Waals surface area contributed by atoms with Crippen molar-refractivity contribution in [2.24, 2.45) is 0 Å². The number of ether oxygens (including phenoxy) is 2. The first-order chi connectivity index (χ1) is 23.4. The van der Waals surface area contributed by atoms with Crippen LogP contribution < -0.4 is 14.4 Å². The van der Waals surface area contributed by atoms with Gasteiger partial charge in [-0.1, -0.05) is 44.3 Å². The Balaban J connectivity index is 0.000000559. The van der Waals surface area contributed by atoms with Crippen molar-refractivity contribution in [2.45, 2.75) is 20.8 Å². The number of aromatic nitrogens is 2. The van der Waals surface area contributed by atoms with Crippen LogP contribution in [0.15, 0.2) is 110 Å². The molecule has 0 saturated carbocycles. The predicted molar refractivity (Wildman–Crippen MR) is 187 cm³/mol. The summed E-state index contributed by atoms with van der Waals surface area (Å²) in [6, 6.07) is 43.6.